The summed E-state index contributed by atoms with van der Waals surface area (Å²) in [4.78, 5) is 39.0. The van der Waals surface area contributed by atoms with Gasteiger partial charge < -0.3 is 5.32 Å². The Morgan fingerprint density at radius 3 is 2.42 bits per heavy atom. The first-order chi connectivity index (χ1) is 15.0. The molecule has 1 aromatic heterocycles. The molecule has 0 unspecified atom stereocenters. The van der Waals surface area contributed by atoms with Gasteiger partial charge in [-0.3, -0.25) is 19.6 Å². The lowest BCUT2D eigenvalue weighted by Gasteiger charge is -2.11. The zero-order valence-electron chi connectivity index (χ0n) is 16.9. The van der Waals surface area contributed by atoms with Gasteiger partial charge in [0.2, 0.25) is 0 Å². The van der Waals surface area contributed by atoms with Crippen LogP contribution in [-0.2, 0) is 24.3 Å². The summed E-state index contributed by atoms with van der Waals surface area (Å²) < 4.78 is 14.9. The summed E-state index contributed by atoms with van der Waals surface area (Å²) in [7, 11) is 0. The number of benzene rings is 2. The van der Waals surface area contributed by atoms with Gasteiger partial charge in [-0.1, -0.05) is 49.4 Å². The van der Waals surface area contributed by atoms with Crippen molar-refractivity contribution >= 4 is 18.0 Å². The maximum atomic E-state index is 13.4. The van der Waals surface area contributed by atoms with E-state index in [0.717, 1.165) is 10.5 Å². The largest absolute Gasteiger partial charge is 0.329 e. The number of aromatic amines is 1. The van der Waals surface area contributed by atoms with Crippen LogP contribution in [0.1, 0.15) is 29.3 Å². The maximum absolute atomic E-state index is 13.4. The van der Waals surface area contributed by atoms with Crippen molar-refractivity contribution < 1.29 is 14.0 Å². The van der Waals surface area contributed by atoms with Crippen molar-refractivity contribution in [1.82, 2.24) is 20.0 Å². The minimum absolute atomic E-state index is 0.0130. The number of aromatic nitrogens is 2. The van der Waals surface area contributed by atoms with E-state index >= 15 is 0 Å². The number of aryl methyl sites for hydroxylation is 1. The van der Waals surface area contributed by atoms with Crippen LogP contribution in [0.25, 0.3) is 6.08 Å². The number of imide groups is 1. The molecule has 2 N–H and O–H groups in total. The topological polar surface area (TPSA) is 87.2 Å². The minimum Gasteiger partial charge on any atom is -0.303 e. The molecule has 7 nitrogen and oxygen atoms in total. The zero-order chi connectivity index (χ0) is 22.0. The predicted octanol–water partition coefficient (Wildman–Crippen LogP) is 3.02. The van der Waals surface area contributed by atoms with Gasteiger partial charge in [-0.2, -0.15) is 0 Å². The number of hydrogen-bond acceptors (Lipinski definition) is 3. The normalized spacial score (nSPS) is 15.0. The molecule has 2 heterocycles. The number of amides is 3. The van der Waals surface area contributed by atoms with Crippen molar-refractivity contribution in [2.45, 2.75) is 26.4 Å². The molecule has 0 bridgehead atoms. The fourth-order valence-electron chi connectivity index (χ4n) is 3.52. The van der Waals surface area contributed by atoms with Crippen molar-refractivity contribution in [2.75, 3.05) is 0 Å². The third-order valence-electron chi connectivity index (χ3n) is 5.09. The van der Waals surface area contributed by atoms with Gasteiger partial charge in [0.1, 0.15) is 11.5 Å². The summed E-state index contributed by atoms with van der Waals surface area (Å²) in [5.41, 5.74) is 2.18. The van der Waals surface area contributed by atoms with E-state index in [0.29, 0.717) is 29.8 Å². The van der Waals surface area contributed by atoms with E-state index in [1.807, 2.05) is 37.3 Å². The molecule has 1 aliphatic rings. The average molecular weight is 420 g/mol. The van der Waals surface area contributed by atoms with Crippen LogP contribution in [0.4, 0.5) is 9.18 Å². The molecule has 0 spiro atoms. The first-order valence-corrected chi connectivity index (χ1v) is 9.91. The molecule has 31 heavy (non-hydrogen) atoms. The van der Waals surface area contributed by atoms with Crippen LogP contribution in [-0.4, -0.2) is 26.6 Å². The Bertz CT molecular complexity index is 1230. The lowest BCUT2D eigenvalue weighted by molar-refractivity contribution is -0.123. The number of carbonyl (C=O) groups is 2. The summed E-state index contributed by atoms with van der Waals surface area (Å²) in [5.74, 6) is -1.01. The number of urea groups is 1. The molecule has 4 rings (SSSR count). The Hall–Kier alpha value is -3.94. The highest BCUT2D eigenvalue weighted by atomic mass is 19.1. The lowest BCUT2D eigenvalue weighted by Crippen LogP contribution is -2.30. The Kier molecular flexibility index (Phi) is 5.53. The molecular formula is C23H21FN4O3. The first kappa shape index (κ1) is 20.3. The van der Waals surface area contributed by atoms with E-state index in [4.69, 9.17) is 0 Å². The summed E-state index contributed by atoms with van der Waals surface area (Å²) in [6.07, 6.45) is 1.95. The fourth-order valence-corrected chi connectivity index (χ4v) is 3.52. The van der Waals surface area contributed by atoms with E-state index in [-0.39, 0.29) is 17.8 Å². The molecule has 1 fully saturated rings. The van der Waals surface area contributed by atoms with Crippen molar-refractivity contribution in [2.24, 2.45) is 0 Å². The standard InChI is InChI=1S/C23H21FN4O3/c1-2-19-18(21(29)28(26-19)14-15-7-4-3-5-8-15)12-20-22(30)27(23(31)25-20)13-16-9-6-10-17(24)11-16/h3-12,26H,2,13-14H2,1H3,(H,25,31)/b20-12-. The molecule has 2 aromatic carbocycles. The molecule has 158 valence electrons. The summed E-state index contributed by atoms with van der Waals surface area (Å²) in [6.45, 7) is 2.19. The number of hydrogen-bond donors (Lipinski definition) is 2. The highest BCUT2D eigenvalue weighted by molar-refractivity contribution is 6.13. The Labute approximate surface area is 177 Å². The van der Waals surface area contributed by atoms with E-state index in [9.17, 15) is 18.8 Å². The van der Waals surface area contributed by atoms with Gasteiger partial charge in [-0.25, -0.2) is 13.9 Å². The number of halogens is 1. The molecule has 1 saturated heterocycles. The highest BCUT2D eigenvalue weighted by Crippen LogP contribution is 2.18. The van der Waals surface area contributed by atoms with Crippen LogP contribution in [0.3, 0.4) is 0 Å². The van der Waals surface area contributed by atoms with Gasteiger partial charge in [0.15, 0.2) is 0 Å². The zero-order valence-corrected chi connectivity index (χ0v) is 16.9. The Morgan fingerprint density at radius 2 is 1.71 bits per heavy atom. The molecule has 3 amide bonds. The summed E-state index contributed by atoms with van der Waals surface area (Å²) in [5, 5.41) is 5.60. The van der Waals surface area contributed by atoms with Crippen molar-refractivity contribution in [3.8, 4) is 0 Å². The minimum atomic E-state index is -0.612. The van der Waals surface area contributed by atoms with E-state index in [2.05, 4.69) is 10.4 Å². The Morgan fingerprint density at radius 1 is 0.968 bits per heavy atom. The summed E-state index contributed by atoms with van der Waals surface area (Å²) in [6, 6.07) is 14.6. The van der Waals surface area contributed by atoms with Crippen LogP contribution < -0.4 is 10.9 Å². The number of H-pyrrole nitrogens is 1. The third kappa shape index (κ3) is 4.18. The number of rotatable bonds is 6. The molecule has 0 atom stereocenters. The quantitative estimate of drug-likeness (QED) is 0.475. The highest BCUT2D eigenvalue weighted by Gasteiger charge is 2.34. The van der Waals surface area contributed by atoms with E-state index < -0.39 is 17.8 Å². The molecule has 3 aromatic rings. The number of nitrogens with one attached hydrogen (secondary N) is 2. The first-order valence-electron chi connectivity index (χ1n) is 9.91. The maximum Gasteiger partial charge on any atom is 0.329 e. The van der Waals surface area contributed by atoms with Crippen LogP contribution in [0.15, 0.2) is 65.1 Å². The van der Waals surface area contributed by atoms with E-state index in [1.54, 1.807) is 6.07 Å². The molecule has 8 heteroatoms. The van der Waals surface area contributed by atoms with Crippen molar-refractivity contribution in [3.63, 3.8) is 0 Å². The third-order valence-corrected chi connectivity index (χ3v) is 5.09. The van der Waals surface area contributed by atoms with Crippen LogP contribution in [0.5, 0.6) is 0 Å². The summed E-state index contributed by atoms with van der Waals surface area (Å²) >= 11 is 0. The molecule has 0 radical (unpaired) electrons. The second-order valence-corrected chi connectivity index (χ2v) is 7.24. The van der Waals surface area contributed by atoms with Crippen molar-refractivity contribution in [1.29, 1.82) is 0 Å². The van der Waals surface area contributed by atoms with Crippen LogP contribution in [0.2, 0.25) is 0 Å². The smallest absolute Gasteiger partial charge is 0.303 e. The average Bonchev–Trinajstić information content (AvgIpc) is 3.20. The second-order valence-electron chi connectivity index (χ2n) is 7.24. The lowest BCUT2D eigenvalue weighted by atomic mass is 10.1. The fraction of sp³-hybridized carbons (Fsp3) is 0.174. The van der Waals surface area contributed by atoms with Crippen LogP contribution >= 0.6 is 0 Å². The van der Waals surface area contributed by atoms with Crippen molar-refractivity contribution in [3.05, 3.63) is 98.8 Å². The molecule has 0 saturated carbocycles. The number of carbonyl (C=O) groups excluding carboxylic acids is 2. The van der Waals surface area contributed by atoms with Gasteiger partial charge in [0.05, 0.1) is 18.7 Å². The van der Waals surface area contributed by atoms with Gasteiger partial charge in [0, 0.05) is 5.69 Å². The predicted molar refractivity (Wildman–Crippen MR) is 113 cm³/mol. The second kappa shape index (κ2) is 8.43. The van der Waals surface area contributed by atoms with Crippen LogP contribution in [0, 0.1) is 5.82 Å². The number of nitrogens with zero attached hydrogens (tertiary/aromatic N) is 2. The molecule has 0 aliphatic carbocycles. The van der Waals surface area contributed by atoms with Gasteiger partial charge in [0.25, 0.3) is 11.5 Å². The van der Waals surface area contributed by atoms with Gasteiger partial charge in [-0.15, -0.1) is 0 Å². The monoisotopic (exact) mass is 420 g/mol. The van der Waals surface area contributed by atoms with Gasteiger partial charge in [-0.05, 0) is 35.8 Å². The van der Waals surface area contributed by atoms with E-state index in [1.165, 1.54) is 29.0 Å². The molecule has 1 aliphatic heterocycles. The Balaban J connectivity index is 1.61. The van der Waals surface area contributed by atoms with Gasteiger partial charge >= 0.3 is 6.03 Å². The SMILES string of the molecule is CCc1[nH]n(Cc2ccccc2)c(=O)c1/C=C1\NC(=O)N(Cc2cccc(F)c2)C1=O. The molecular weight excluding hydrogens is 399 g/mol.